The van der Waals surface area contributed by atoms with Crippen LogP contribution >= 0.6 is 11.5 Å². The first-order chi connectivity index (χ1) is 7.59. The van der Waals surface area contributed by atoms with E-state index >= 15 is 0 Å². The number of nitrogens with zero attached hydrogens (tertiary/aromatic N) is 3. The van der Waals surface area contributed by atoms with E-state index in [1.165, 1.54) is 12.1 Å². The summed E-state index contributed by atoms with van der Waals surface area (Å²) in [7, 11) is -3.72. The third-order valence-electron chi connectivity index (χ3n) is 1.73. The van der Waals surface area contributed by atoms with E-state index in [4.69, 9.17) is 5.73 Å². The van der Waals surface area contributed by atoms with Crippen LogP contribution in [0.4, 0.5) is 10.8 Å². The molecule has 0 saturated heterocycles. The average molecular weight is 257 g/mol. The van der Waals surface area contributed by atoms with Crippen LogP contribution in [0.1, 0.15) is 0 Å². The third kappa shape index (κ3) is 2.09. The van der Waals surface area contributed by atoms with Gasteiger partial charge in [-0.15, -0.1) is 0 Å². The summed E-state index contributed by atoms with van der Waals surface area (Å²) in [6.45, 7) is 0. The van der Waals surface area contributed by atoms with E-state index in [0.717, 1.165) is 11.5 Å². The van der Waals surface area contributed by atoms with Gasteiger partial charge in [-0.1, -0.05) is 21.7 Å². The summed E-state index contributed by atoms with van der Waals surface area (Å²) in [5, 5.41) is 6.87. The first-order valence-corrected chi connectivity index (χ1v) is 6.37. The zero-order chi connectivity index (χ0) is 11.6. The van der Waals surface area contributed by atoms with Crippen LogP contribution < -0.4 is 10.5 Å². The van der Waals surface area contributed by atoms with Crippen LogP contribution in [0, 0.1) is 0 Å². The van der Waals surface area contributed by atoms with Gasteiger partial charge >= 0.3 is 0 Å². The van der Waals surface area contributed by atoms with Crippen LogP contribution in [-0.4, -0.2) is 23.2 Å². The molecule has 2 aromatic rings. The molecular weight excluding hydrogens is 250 g/mol. The predicted octanol–water partition coefficient (Wildman–Crippen LogP) is 0.316. The molecule has 0 atom stereocenters. The maximum atomic E-state index is 11.8. The quantitative estimate of drug-likeness (QED) is 0.766. The highest BCUT2D eigenvalue weighted by Crippen LogP contribution is 2.20. The highest BCUT2D eigenvalue weighted by molar-refractivity contribution is 7.93. The number of hydrogen-bond acceptors (Lipinski definition) is 7. The fraction of sp³-hybridized carbons (Fsp3) is 0. The summed E-state index contributed by atoms with van der Waals surface area (Å²) >= 11 is 0.847. The molecule has 9 heteroatoms. The highest BCUT2D eigenvalue weighted by Gasteiger charge is 2.18. The molecular formula is C7H7N5O2S2. The van der Waals surface area contributed by atoms with Crippen molar-refractivity contribution in [2.24, 2.45) is 0 Å². The van der Waals surface area contributed by atoms with Gasteiger partial charge in [-0.2, -0.15) is 0 Å². The van der Waals surface area contributed by atoms with Crippen molar-refractivity contribution in [1.29, 1.82) is 0 Å². The van der Waals surface area contributed by atoms with Gasteiger partial charge in [0.05, 0.1) is 5.69 Å². The van der Waals surface area contributed by atoms with Crippen molar-refractivity contribution in [1.82, 2.24) is 14.8 Å². The number of rotatable bonds is 3. The summed E-state index contributed by atoms with van der Waals surface area (Å²) in [5.41, 5.74) is 5.74. The number of para-hydroxylation sites is 1. The summed E-state index contributed by atoms with van der Waals surface area (Å²) < 4.78 is 29.4. The molecule has 1 aromatic heterocycles. The molecule has 2 rings (SSSR count). The van der Waals surface area contributed by atoms with Crippen molar-refractivity contribution >= 4 is 32.4 Å². The lowest BCUT2D eigenvalue weighted by Crippen LogP contribution is -2.14. The predicted molar refractivity (Wildman–Crippen MR) is 59.4 cm³/mol. The lowest BCUT2D eigenvalue weighted by Gasteiger charge is -2.06. The van der Waals surface area contributed by atoms with Gasteiger partial charge in [0.1, 0.15) is 4.90 Å². The van der Waals surface area contributed by atoms with Gasteiger partial charge in [-0.25, -0.2) is 8.42 Å². The van der Waals surface area contributed by atoms with E-state index in [9.17, 15) is 8.42 Å². The first kappa shape index (κ1) is 10.8. The van der Waals surface area contributed by atoms with Gasteiger partial charge in [0, 0.05) is 11.5 Å². The van der Waals surface area contributed by atoms with Crippen LogP contribution in [0.2, 0.25) is 0 Å². The number of aromatic nitrogens is 3. The molecule has 0 unspecified atom stereocenters. The molecule has 0 spiro atoms. The van der Waals surface area contributed by atoms with Crippen molar-refractivity contribution in [3.63, 3.8) is 0 Å². The van der Waals surface area contributed by atoms with E-state index in [1.807, 2.05) is 0 Å². The molecule has 0 aliphatic heterocycles. The Morgan fingerprint density at radius 2 is 2.06 bits per heavy atom. The lowest BCUT2D eigenvalue weighted by molar-refractivity contribution is 0.601. The van der Waals surface area contributed by atoms with Crippen LogP contribution in [0.3, 0.4) is 0 Å². The van der Waals surface area contributed by atoms with E-state index in [2.05, 4.69) is 19.5 Å². The zero-order valence-corrected chi connectivity index (χ0v) is 9.49. The summed E-state index contributed by atoms with van der Waals surface area (Å²) in [4.78, 5) is 0.00481. The summed E-state index contributed by atoms with van der Waals surface area (Å²) in [6.07, 6.45) is 0. The SMILES string of the molecule is Nc1ccccc1S(=O)(=O)Nc1nnns1. The largest absolute Gasteiger partial charge is 0.398 e. The Balaban J connectivity index is 2.37. The fourth-order valence-electron chi connectivity index (χ4n) is 1.07. The number of benzene rings is 1. The van der Waals surface area contributed by atoms with Crippen molar-refractivity contribution in [2.75, 3.05) is 10.5 Å². The Bertz CT molecular complexity index is 581. The smallest absolute Gasteiger partial charge is 0.265 e. The molecule has 0 aliphatic carbocycles. The van der Waals surface area contributed by atoms with E-state index in [0.29, 0.717) is 0 Å². The van der Waals surface area contributed by atoms with E-state index in [1.54, 1.807) is 12.1 Å². The third-order valence-corrected chi connectivity index (χ3v) is 3.78. The van der Waals surface area contributed by atoms with Crippen LogP contribution in [0.25, 0.3) is 0 Å². The Kier molecular flexibility index (Phi) is 2.71. The van der Waals surface area contributed by atoms with Crippen molar-refractivity contribution < 1.29 is 8.42 Å². The number of nitrogens with one attached hydrogen (secondary N) is 1. The molecule has 16 heavy (non-hydrogen) atoms. The van der Waals surface area contributed by atoms with Crippen LogP contribution in [0.15, 0.2) is 29.2 Å². The molecule has 0 bridgehead atoms. The number of anilines is 2. The lowest BCUT2D eigenvalue weighted by atomic mass is 10.3. The Labute approximate surface area is 95.5 Å². The molecule has 3 N–H and O–H groups in total. The molecule has 0 aliphatic rings. The molecule has 1 heterocycles. The minimum Gasteiger partial charge on any atom is -0.398 e. The first-order valence-electron chi connectivity index (χ1n) is 4.12. The number of sulfonamides is 1. The average Bonchev–Trinajstić information content (AvgIpc) is 2.70. The van der Waals surface area contributed by atoms with E-state index < -0.39 is 10.0 Å². The van der Waals surface area contributed by atoms with Gasteiger partial charge in [0.2, 0.25) is 5.13 Å². The zero-order valence-electron chi connectivity index (χ0n) is 7.86. The molecule has 0 fully saturated rings. The summed E-state index contributed by atoms with van der Waals surface area (Å²) in [6, 6.07) is 6.16. The summed E-state index contributed by atoms with van der Waals surface area (Å²) in [5.74, 6) is 0. The Morgan fingerprint density at radius 1 is 1.31 bits per heavy atom. The number of nitrogen functional groups attached to an aromatic ring is 1. The number of hydrogen-bond donors (Lipinski definition) is 2. The topological polar surface area (TPSA) is 111 Å². The second-order valence-corrected chi connectivity index (χ2v) is 5.19. The second kappa shape index (κ2) is 4.02. The minimum absolute atomic E-state index is 0.00481. The van der Waals surface area contributed by atoms with Gasteiger partial charge in [-0.3, -0.25) is 4.72 Å². The monoisotopic (exact) mass is 257 g/mol. The van der Waals surface area contributed by atoms with Gasteiger partial charge in [0.25, 0.3) is 10.0 Å². The van der Waals surface area contributed by atoms with Gasteiger partial charge in [0.15, 0.2) is 0 Å². The maximum absolute atomic E-state index is 11.8. The van der Waals surface area contributed by atoms with Crippen molar-refractivity contribution in [3.8, 4) is 0 Å². The van der Waals surface area contributed by atoms with Crippen molar-refractivity contribution in [2.45, 2.75) is 4.90 Å². The molecule has 0 amide bonds. The molecule has 1 aromatic carbocycles. The fourth-order valence-corrected chi connectivity index (χ4v) is 2.79. The van der Waals surface area contributed by atoms with Crippen molar-refractivity contribution in [3.05, 3.63) is 24.3 Å². The van der Waals surface area contributed by atoms with Gasteiger partial charge in [-0.05, 0) is 17.3 Å². The Hall–Kier alpha value is -1.74. The van der Waals surface area contributed by atoms with E-state index in [-0.39, 0.29) is 15.7 Å². The Morgan fingerprint density at radius 3 is 2.69 bits per heavy atom. The second-order valence-electron chi connectivity index (χ2n) is 2.81. The van der Waals surface area contributed by atoms with Crippen LogP contribution in [-0.2, 0) is 10.0 Å². The molecule has 7 nitrogen and oxygen atoms in total. The molecule has 0 saturated carbocycles. The molecule has 0 radical (unpaired) electrons. The maximum Gasteiger partial charge on any atom is 0.265 e. The molecule has 84 valence electrons. The highest BCUT2D eigenvalue weighted by atomic mass is 32.2. The minimum atomic E-state index is -3.72. The van der Waals surface area contributed by atoms with Gasteiger partial charge < -0.3 is 5.73 Å². The standard InChI is InChI=1S/C7H7N5O2S2/c8-5-3-1-2-4-6(5)16(13,14)10-7-9-11-12-15-7/h1-4H,8H2,(H,9,10,12). The van der Waals surface area contributed by atoms with Crippen LogP contribution in [0.5, 0.6) is 0 Å². The normalized spacial score (nSPS) is 11.2. The number of nitrogens with two attached hydrogens (primary N) is 1.